The Morgan fingerprint density at radius 1 is 1.17 bits per heavy atom. The Balaban J connectivity index is 2.52. The largest absolute Gasteiger partial charge is 0.493 e. The Kier molecular flexibility index (Phi) is 4.76. The Morgan fingerprint density at radius 2 is 1.72 bits per heavy atom. The van der Waals surface area contributed by atoms with Crippen LogP contribution in [0.5, 0.6) is 5.75 Å². The summed E-state index contributed by atoms with van der Waals surface area (Å²) in [4.78, 5) is 0. The van der Waals surface area contributed by atoms with Gasteiger partial charge in [-0.2, -0.15) is 0 Å². The molecule has 5 heteroatoms. The van der Waals surface area contributed by atoms with Gasteiger partial charge in [0.1, 0.15) is 12.4 Å². The van der Waals surface area contributed by atoms with Crippen molar-refractivity contribution >= 4 is 9.84 Å². The number of aliphatic hydroxyl groups is 1. The smallest absolute Gasteiger partial charge is 0.158 e. The Labute approximate surface area is 109 Å². The predicted molar refractivity (Wildman–Crippen MR) is 71.4 cm³/mol. The summed E-state index contributed by atoms with van der Waals surface area (Å²) < 4.78 is 28.3. The monoisotopic (exact) mass is 272 g/mol. The average molecular weight is 272 g/mol. The van der Waals surface area contributed by atoms with E-state index >= 15 is 0 Å². The van der Waals surface area contributed by atoms with Crippen LogP contribution in [0.2, 0.25) is 0 Å². The Morgan fingerprint density at radius 3 is 2.17 bits per heavy atom. The van der Waals surface area contributed by atoms with E-state index < -0.39 is 14.6 Å². The van der Waals surface area contributed by atoms with Crippen LogP contribution >= 0.6 is 0 Å². The van der Waals surface area contributed by atoms with Crippen molar-refractivity contribution < 1.29 is 18.3 Å². The first kappa shape index (κ1) is 15.0. The second-order valence-corrected chi connectivity index (χ2v) is 7.94. The van der Waals surface area contributed by atoms with Crippen LogP contribution in [0.4, 0.5) is 0 Å². The number of hydrogen-bond acceptors (Lipinski definition) is 4. The van der Waals surface area contributed by atoms with E-state index in [2.05, 4.69) is 0 Å². The third kappa shape index (κ3) is 3.99. The zero-order valence-corrected chi connectivity index (χ0v) is 11.8. The van der Waals surface area contributed by atoms with Crippen molar-refractivity contribution in [2.24, 2.45) is 0 Å². The third-order valence-electron chi connectivity index (χ3n) is 2.66. The van der Waals surface area contributed by atoms with Crippen LogP contribution in [0.3, 0.4) is 0 Å². The number of benzene rings is 1. The molecular weight excluding hydrogens is 252 g/mol. The summed E-state index contributed by atoms with van der Waals surface area (Å²) in [6.07, 6.45) is 0. The predicted octanol–water partition coefficient (Wildman–Crippen LogP) is 1.77. The minimum atomic E-state index is -3.15. The molecule has 18 heavy (non-hydrogen) atoms. The molecule has 0 spiro atoms. The fraction of sp³-hybridized carbons (Fsp3) is 0.538. The highest BCUT2D eigenvalue weighted by molar-refractivity contribution is 7.92. The summed E-state index contributed by atoms with van der Waals surface area (Å²) in [6, 6.07) is 6.92. The molecule has 0 aromatic heterocycles. The lowest BCUT2D eigenvalue weighted by atomic mass is 10.2. The van der Waals surface area contributed by atoms with Gasteiger partial charge < -0.3 is 9.84 Å². The first-order valence-electron chi connectivity index (χ1n) is 5.81. The van der Waals surface area contributed by atoms with Crippen LogP contribution in [-0.2, 0) is 16.4 Å². The molecule has 0 unspecified atom stereocenters. The highest BCUT2D eigenvalue weighted by Gasteiger charge is 2.28. The molecule has 0 bridgehead atoms. The zero-order valence-electron chi connectivity index (χ0n) is 11.0. The number of ether oxygens (including phenoxy) is 1. The second-order valence-electron chi connectivity index (χ2n) is 5.08. The molecule has 0 radical (unpaired) electrons. The molecule has 0 atom stereocenters. The van der Waals surface area contributed by atoms with Gasteiger partial charge in [-0.1, -0.05) is 12.1 Å². The maximum atomic E-state index is 11.8. The van der Waals surface area contributed by atoms with Crippen LogP contribution in [0.25, 0.3) is 0 Å². The third-order valence-corrected chi connectivity index (χ3v) is 5.23. The van der Waals surface area contributed by atoms with Crippen LogP contribution in [0.1, 0.15) is 26.3 Å². The number of sulfone groups is 1. The minimum Gasteiger partial charge on any atom is -0.493 e. The van der Waals surface area contributed by atoms with Gasteiger partial charge in [0.15, 0.2) is 9.84 Å². The van der Waals surface area contributed by atoms with Crippen molar-refractivity contribution in [3.63, 3.8) is 0 Å². The van der Waals surface area contributed by atoms with Gasteiger partial charge >= 0.3 is 0 Å². The van der Waals surface area contributed by atoms with Gasteiger partial charge in [-0.05, 0) is 38.5 Å². The number of hydrogen-bond donors (Lipinski definition) is 1. The molecule has 1 N–H and O–H groups in total. The van der Waals surface area contributed by atoms with Gasteiger partial charge in [-0.3, -0.25) is 0 Å². The standard InChI is InChI=1S/C13H20O4S/c1-13(2,3)18(15,16)9-8-17-12-6-4-11(10-14)5-7-12/h4-7,14H,8-10H2,1-3H3. The fourth-order valence-electron chi connectivity index (χ4n) is 1.27. The second kappa shape index (κ2) is 5.71. The van der Waals surface area contributed by atoms with E-state index in [1.54, 1.807) is 45.0 Å². The molecule has 4 nitrogen and oxygen atoms in total. The van der Waals surface area contributed by atoms with Crippen molar-refractivity contribution in [1.82, 2.24) is 0 Å². The van der Waals surface area contributed by atoms with Gasteiger partial charge in [0.2, 0.25) is 0 Å². The molecule has 0 aliphatic rings. The maximum absolute atomic E-state index is 11.8. The van der Waals surface area contributed by atoms with E-state index in [1.807, 2.05) is 0 Å². The van der Waals surface area contributed by atoms with Crippen LogP contribution in [0, 0.1) is 0 Å². The average Bonchev–Trinajstić information content (AvgIpc) is 2.28. The Hall–Kier alpha value is -1.07. The quantitative estimate of drug-likeness (QED) is 0.887. The molecule has 0 fully saturated rings. The van der Waals surface area contributed by atoms with Crippen molar-refractivity contribution in [2.45, 2.75) is 32.1 Å². The summed E-state index contributed by atoms with van der Waals surface area (Å²) in [5.41, 5.74) is 0.796. The van der Waals surface area contributed by atoms with Crippen molar-refractivity contribution in [3.8, 4) is 5.75 Å². The van der Waals surface area contributed by atoms with E-state index in [0.29, 0.717) is 5.75 Å². The van der Waals surface area contributed by atoms with E-state index in [0.717, 1.165) is 5.56 Å². The Bertz CT molecular complexity index is 469. The molecule has 1 aromatic carbocycles. The molecular formula is C13H20O4S. The summed E-state index contributed by atoms with van der Waals surface area (Å²) in [5, 5.41) is 8.88. The SMILES string of the molecule is CC(C)(C)S(=O)(=O)CCOc1ccc(CO)cc1. The van der Waals surface area contributed by atoms with E-state index in [9.17, 15) is 8.42 Å². The number of aliphatic hydroxyl groups excluding tert-OH is 1. The summed E-state index contributed by atoms with van der Waals surface area (Å²) in [6.45, 7) is 5.16. The molecule has 0 aliphatic heterocycles. The fourth-order valence-corrected chi connectivity index (χ4v) is 2.18. The lowest BCUT2D eigenvalue weighted by Crippen LogP contribution is -2.32. The van der Waals surface area contributed by atoms with Crippen molar-refractivity contribution in [3.05, 3.63) is 29.8 Å². The minimum absolute atomic E-state index is 0.00173. The topological polar surface area (TPSA) is 63.6 Å². The molecule has 1 aromatic rings. The summed E-state index contributed by atoms with van der Waals surface area (Å²) >= 11 is 0. The van der Waals surface area contributed by atoms with E-state index in [-0.39, 0.29) is 19.0 Å². The van der Waals surface area contributed by atoms with Gasteiger partial charge in [-0.25, -0.2) is 8.42 Å². The first-order chi connectivity index (χ1) is 8.26. The maximum Gasteiger partial charge on any atom is 0.158 e. The van der Waals surface area contributed by atoms with Gasteiger partial charge in [0, 0.05) is 0 Å². The van der Waals surface area contributed by atoms with Gasteiger partial charge in [-0.15, -0.1) is 0 Å². The lowest BCUT2D eigenvalue weighted by molar-refractivity contribution is 0.281. The summed E-state index contributed by atoms with van der Waals surface area (Å²) in [7, 11) is -3.15. The van der Waals surface area contributed by atoms with Crippen molar-refractivity contribution in [1.29, 1.82) is 0 Å². The zero-order chi connectivity index (χ0) is 13.8. The van der Waals surface area contributed by atoms with Crippen LogP contribution < -0.4 is 4.74 Å². The van der Waals surface area contributed by atoms with Crippen molar-refractivity contribution in [2.75, 3.05) is 12.4 Å². The molecule has 1 rings (SSSR count). The highest BCUT2D eigenvalue weighted by atomic mass is 32.2. The highest BCUT2D eigenvalue weighted by Crippen LogP contribution is 2.17. The molecule has 0 amide bonds. The molecule has 0 aliphatic carbocycles. The molecule has 0 heterocycles. The lowest BCUT2D eigenvalue weighted by Gasteiger charge is -2.19. The van der Waals surface area contributed by atoms with Gasteiger partial charge in [0.25, 0.3) is 0 Å². The first-order valence-corrected chi connectivity index (χ1v) is 7.46. The molecule has 0 saturated heterocycles. The van der Waals surface area contributed by atoms with Gasteiger partial charge in [0.05, 0.1) is 17.1 Å². The van der Waals surface area contributed by atoms with Crippen LogP contribution in [-0.4, -0.2) is 30.6 Å². The summed E-state index contributed by atoms with van der Waals surface area (Å²) in [5.74, 6) is 0.606. The molecule has 102 valence electrons. The van der Waals surface area contributed by atoms with E-state index in [1.165, 1.54) is 0 Å². The molecule has 0 saturated carbocycles. The number of rotatable bonds is 5. The van der Waals surface area contributed by atoms with Crippen LogP contribution in [0.15, 0.2) is 24.3 Å². The van der Waals surface area contributed by atoms with E-state index in [4.69, 9.17) is 9.84 Å². The normalized spacial score (nSPS) is 12.4.